The van der Waals surface area contributed by atoms with Gasteiger partial charge in [-0.05, 0) is 6.92 Å². The van der Waals surface area contributed by atoms with Crippen molar-refractivity contribution in [3.8, 4) is 0 Å². The first-order valence-electron chi connectivity index (χ1n) is 3.52. The van der Waals surface area contributed by atoms with Gasteiger partial charge in [-0.1, -0.05) is 0 Å². The average molecular weight is 196 g/mol. The first-order chi connectivity index (χ1) is 5.75. The zero-order chi connectivity index (χ0) is 10.3. The number of hydrogen-bond acceptors (Lipinski definition) is 1. The largest absolute Gasteiger partial charge is 0.392 e. The van der Waals surface area contributed by atoms with Crippen molar-refractivity contribution in [2.45, 2.75) is 25.8 Å². The van der Waals surface area contributed by atoms with E-state index in [0.29, 0.717) is 6.33 Å². The molecule has 0 aliphatic heterocycles. The van der Waals surface area contributed by atoms with Crippen LogP contribution in [0.1, 0.15) is 12.6 Å². The fourth-order valence-corrected chi connectivity index (χ4v) is 0.801. The van der Waals surface area contributed by atoms with E-state index in [0.717, 1.165) is 6.20 Å². The fourth-order valence-electron chi connectivity index (χ4n) is 0.801. The van der Waals surface area contributed by atoms with E-state index in [1.807, 2.05) is 0 Å². The lowest BCUT2D eigenvalue weighted by molar-refractivity contribution is -0.250. The number of hydrogen-bond donors (Lipinski definition) is 0. The number of halogens is 4. The van der Waals surface area contributed by atoms with Gasteiger partial charge in [0.15, 0.2) is 0 Å². The molecule has 0 bridgehead atoms. The van der Waals surface area contributed by atoms with Crippen LogP contribution in [0.4, 0.5) is 17.6 Å². The van der Waals surface area contributed by atoms with Crippen molar-refractivity contribution in [2.24, 2.45) is 0 Å². The Hall–Kier alpha value is -1.07. The van der Waals surface area contributed by atoms with Crippen LogP contribution >= 0.6 is 0 Å². The molecule has 1 heterocycles. The van der Waals surface area contributed by atoms with Gasteiger partial charge in [0.25, 0.3) is 0 Å². The molecule has 13 heavy (non-hydrogen) atoms. The van der Waals surface area contributed by atoms with Crippen molar-refractivity contribution < 1.29 is 17.6 Å². The second kappa shape index (κ2) is 2.71. The van der Waals surface area contributed by atoms with E-state index in [-0.39, 0.29) is 17.2 Å². The van der Waals surface area contributed by atoms with Gasteiger partial charge in [-0.2, -0.15) is 17.6 Å². The minimum absolute atomic E-state index is 0.113. The highest BCUT2D eigenvalue weighted by molar-refractivity contribution is 4.96. The minimum Gasteiger partial charge on any atom is -0.272 e. The predicted octanol–water partition coefficient (Wildman–Crippen LogP) is 2.40. The molecule has 0 fully saturated rings. The van der Waals surface area contributed by atoms with Crippen molar-refractivity contribution in [2.75, 3.05) is 0 Å². The molecule has 0 aliphatic carbocycles. The predicted molar refractivity (Wildman–Crippen MR) is 37.8 cm³/mol. The third-order valence-electron chi connectivity index (χ3n) is 1.56. The summed E-state index contributed by atoms with van der Waals surface area (Å²) in [5.74, 6) is -4.10. The summed E-state index contributed by atoms with van der Waals surface area (Å²) in [6.45, 7) is 1.61. The van der Waals surface area contributed by atoms with Gasteiger partial charge in [0.05, 0.1) is 12.0 Å². The summed E-state index contributed by atoms with van der Waals surface area (Å²) < 4.78 is 50.6. The van der Waals surface area contributed by atoms with Crippen LogP contribution < -0.4 is 0 Å². The van der Waals surface area contributed by atoms with Crippen molar-refractivity contribution >= 4 is 0 Å². The van der Waals surface area contributed by atoms with Crippen molar-refractivity contribution in [3.05, 3.63) is 18.2 Å². The van der Waals surface area contributed by atoms with Crippen molar-refractivity contribution in [3.63, 3.8) is 0 Å². The molecule has 0 saturated heterocycles. The lowest BCUT2D eigenvalue weighted by Gasteiger charge is -2.23. The minimum atomic E-state index is -4.23. The number of rotatable bonds is 2. The molecule has 0 saturated carbocycles. The molecule has 0 N–H and O–H groups in total. The topological polar surface area (TPSA) is 17.8 Å². The third kappa shape index (κ3) is 1.66. The van der Waals surface area contributed by atoms with E-state index < -0.39 is 12.0 Å². The van der Waals surface area contributed by atoms with E-state index in [4.69, 9.17) is 0 Å². The smallest absolute Gasteiger partial charge is 0.272 e. The van der Waals surface area contributed by atoms with Crippen LogP contribution in [0.3, 0.4) is 0 Å². The first-order valence-corrected chi connectivity index (χ1v) is 3.52. The second-order valence-electron chi connectivity index (χ2n) is 2.85. The molecule has 6 heteroatoms. The molecule has 0 unspecified atom stereocenters. The van der Waals surface area contributed by atoms with Gasteiger partial charge >= 0.3 is 12.0 Å². The van der Waals surface area contributed by atoms with E-state index in [9.17, 15) is 17.6 Å². The van der Waals surface area contributed by atoms with Crippen LogP contribution in [0.25, 0.3) is 0 Å². The second-order valence-corrected chi connectivity index (χ2v) is 2.85. The Morgan fingerprint density at radius 1 is 1.31 bits per heavy atom. The molecular weight excluding hydrogens is 188 g/mol. The molecule has 0 amide bonds. The Labute approximate surface area is 72.2 Å². The van der Waals surface area contributed by atoms with Gasteiger partial charge in [-0.15, -0.1) is 0 Å². The van der Waals surface area contributed by atoms with Crippen LogP contribution in [0.5, 0.6) is 0 Å². The SMILES string of the molecule is Cc1cn(C(F)(F)C(C)(F)F)cn1. The van der Waals surface area contributed by atoms with Crippen molar-refractivity contribution in [1.29, 1.82) is 0 Å². The Morgan fingerprint density at radius 2 is 1.85 bits per heavy atom. The lowest BCUT2D eigenvalue weighted by atomic mass is 10.3. The van der Waals surface area contributed by atoms with E-state index in [1.54, 1.807) is 0 Å². The van der Waals surface area contributed by atoms with Gasteiger partial charge < -0.3 is 0 Å². The van der Waals surface area contributed by atoms with Gasteiger partial charge in [0.2, 0.25) is 0 Å². The quantitative estimate of drug-likeness (QED) is 0.664. The summed E-state index contributed by atoms with van der Waals surface area (Å²) in [6.07, 6.45) is 1.56. The van der Waals surface area contributed by atoms with Gasteiger partial charge in [0.1, 0.15) is 0 Å². The van der Waals surface area contributed by atoms with E-state index >= 15 is 0 Å². The standard InChI is InChI=1S/C7H8F4N2/c1-5-3-13(4-12-5)7(10,11)6(2,8)9/h3-4H,1-2H3. The van der Waals surface area contributed by atoms with Crippen LogP contribution in [-0.2, 0) is 6.05 Å². The Balaban J connectivity index is 3.07. The number of nitrogens with zero attached hydrogens (tertiary/aromatic N) is 2. The monoisotopic (exact) mass is 196 g/mol. The molecule has 0 aliphatic rings. The molecule has 0 atom stereocenters. The maximum absolute atomic E-state index is 12.8. The van der Waals surface area contributed by atoms with Gasteiger partial charge in [-0.25, -0.2) is 4.98 Å². The maximum Gasteiger partial charge on any atom is 0.392 e. The number of aryl methyl sites for hydroxylation is 1. The molecular formula is C7H8F4N2. The zero-order valence-corrected chi connectivity index (χ0v) is 7.06. The normalized spacial score (nSPS) is 13.4. The highest BCUT2D eigenvalue weighted by Gasteiger charge is 2.53. The number of imidazole rings is 1. The third-order valence-corrected chi connectivity index (χ3v) is 1.56. The first kappa shape index (κ1) is 10.0. The van der Waals surface area contributed by atoms with Gasteiger partial charge in [-0.3, -0.25) is 4.57 Å². The molecule has 0 aromatic carbocycles. The van der Waals surface area contributed by atoms with Crippen LogP contribution in [0.15, 0.2) is 12.5 Å². The molecule has 0 radical (unpaired) electrons. The summed E-state index contributed by atoms with van der Waals surface area (Å²) in [7, 11) is 0. The van der Waals surface area contributed by atoms with Crippen LogP contribution in [0.2, 0.25) is 0 Å². The molecule has 2 nitrogen and oxygen atoms in total. The fraction of sp³-hybridized carbons (Fsp3) is 0.571. The molecule has 0 spiro atoms. The number of alkyl halides is 4. The van der Waals surface area contributed by atoms with Crippen LogP contribution in [-0.4, -0.2) is 15.5 Å². The lowest BCUT2D eigenvalue weighted by Crippen LogP contribution is -2.39. The van der Waals surface area contributed by atoms with Crippen molar-refractivity contribution in [1.82, 2.24) is 9.55 Å². The van der Waals surface area contributed by atoms with E-state index in [1.165, 1.54) is 6.92 Å². The summed E-state index contributed by atoms with van der Waals surface area (Å²) in [4.78, 5) is 3.45. The summed E-state index contributed by atoms with van der Waals surface area (Å²) >= 11 is 0. The highest BCUT2D eigenvalue weighted by Crippen LogP contribution is 2.37. The van der Waals surface area contributed by atoms with Crippen LogP contribution in [0, 0.1) is 6.92 Å². The molecule has 1 aromatic heterocycles. The van der Waals surface area contributed by atoms with Gasteiger partial charge in [0, 0.05) is 13.1 Å². The highest BCUT2D eigenvalue weighted by atomic mass is 19.3. The Kier molecular flexibility index (Phi) is 2.09. The molecule has 1 rings (SSSR count). The molecule has 1 aromatic rings. The summed E-state index contributed by atoms with van der Waals surface area (Å²) in [5, 5.41) is 0. The van der Waals surface area contributed by atoms with E-state index in [2.05, 4.69) is 4.98 Å². The Bertz CT molecular complexity index is 300. The summed E-state index contributed by atoms with van der Waals surface area (Å²) in [6, 6.07) is -4.23. The summed E-state index contributed by atoms with van der Waals surface area (Å²) in [5.41, 5.74) is 0.268. The number of aromatic nitrogens is 2. The molecule has 74 valence electrons. The maximum atomic E-state index is 12.8. The zero-order valence-electron chi connectivity index (χ0n) is 7.06. The average Bonchev–Trinajstić information content (AvgIpc) is 2.33. The Morgan fingerprint density at radius 3 is 2.15 bits per heavy atom.